The van der Waals surface area contributed by atoms with Crippen molar-refractivity contribution in [2.45, 2.75) is 4.90 Å². The molecular weight excluding hydrogens is 329 g/mol. The maximum atomic E-state index is 13.3. The molecule has 0 aromatic heterocycles. The van der Waals surface area contributed by atoms with E-state index in [1.54, 1.807) is 12.1 Å². The SMILES string of the molecule is O=S(=O)(Nc1ccc(O)c(F)c1)c1ccc(-c2ccccc2)cc1. The maximum Gasteiger partial charge on any atom is 0.261 e. The second kappa shape index (κ2) is 6.33. The summed E-state index contributed by atoms with van der Waals surface area (Å²) in [7, 11) is -3.84. The summed E-state index contributed by atoms with van der Waals surface area (Å²) in [5.41, 5.74) is 1.91. The van der Waals surface area contributed by atoms with Crippen LogP contribution in [0.25, 0.3) is 11.1 Å². The fraction of sp³-hybridized carbons (Fsp3) is 0. The molecule has 4 nitrogen and oxygen atoms in total. The fourth-order valence-corrected chi connectivity index (χ4v) is 3.29. The number of hydrogen-bond acceptors (Lipinski definition) is 3. The summed E-state index contributed by atoms with van der Waals surface area (Å²) in [6.07, 6.45) is 0. The lowest BCUT2D eigenvalue weighted by Crippen LogP contribution is -2.12. The quantitative estimate of drug-likeness (QED) is 0.704. The van der Waals surface area contributed by atoms with E-state index in [1.165, 1.54) is 18.2 Å². The van der Waals surface area contributed by atoms with Crippen LogP contribution >= 0.6 is 0 Å². The molecule has 0 aliphatic rings. The smallest absolute Gasteiger partial charge is 0.261 e. The average molecular weight is 343 g/mol. The van der Waals surface area contributed by atoms with Crippen molar-refractivity contribution in [3.8, 4) is 16.9 Å². The molecule has 0 radical (unpaired) electrons. The minimum absolute atomic E-state index is 0.0393. The number of benzene rings is 3. The predicted octanol–water partition coefficient (Wildman–Crippen LogP) is 4.00. The number of nitrogens with one attached hydrogen (secondary N) is 1. The first-order chi connectivity index (χ1) is 11.5. The van der Waals surface area contributed by atoms with Crippen molar-refractivity contribution >= 4 is 15.7 Å². The Bertz CT molecular complexity index is 955. The van der Waals surface area contributed by atoms with Gasteiger partial charge in [-0.1, -0.05) is 42.5 Å². The lowest BCUT2D eigenvalue weighted by atomic mass is 10.1. The van der Waals surface area contributed by atoms with Gasteiger partial charge in [0.05, 0.1) is 10.6 Å². The highest BCUT2D eigenvalue weighted by Gasteiger charge is 2.15. The summed E-state index contributed by atoms with van der Waals surface area (Å²) < 4.78 is 40.3. The van der Waals surface area contributed by atoms with E-state index in [1.807, 2.05) is 30.3 Å². The van der Waals surface area contributed by atoms with Gasteiger partial charge in [0.1, 0.15) is 0 Å². The van der Waals surface area contributed by atoms with E-state index in [9.17, 15) is 12.8 Å². The van der Waals surface area contributed by atoms with Gasteiger partial charge in [-0.15, -0.1) is 0 Å². The zero-order valence-electron chi connectivity index (χ0n) is 12.5. The fourth-order valence-electron chi connectivity index (χ4n) is 2.24. The standard InChI is InChI=1S/C18H14FNO3S/c19-17-12-15(8-11-18(17)21)20-24(22,23)16-9-6-14(7-10-16)13-4-2-1-3-5-13/h1-12,20-21H. The number of phenols is 1. The highest BCUT2D eigenvalue weighted by atomic mass is 32.2. The summed E-state index contributed by atoms with van der Waals surface area (Å²) in [6, 6.07) is 19.3. The second-order valence-corrected chi connectivity index (χ2v) is 6.84. The van der Waals surface area contributed by atoms with E-state index < -0.39 is 21.6 Å². The molecule has 0 fully saturated rings. The molecule has 3 aromatic carbocycles. The van der Waals surface area contributed by atoms with Crippen molar-refractivity contribution in [2.75, 3.05) is 4.72 Å². The number of hydrogen-bond donors (Lipinski definition) is 2. The molecule has 3 aromatic rings. The van der Waals surface area contributed by atoms with Gasteiger partial charge in [-0.2, -0.15) is 0 Å². The molecule has 0 bridgehead atoms. The molecule has 0 amide bonds. The molecule has 3 rings (SSSR count). The van der Waals surface area contributed by atoms with Crippen LogP contribution in [0.5, 0.6) is 5.75 Å². The Morgan fingerprint density at radius 2 is 1.46 bits per heavy atom. The third-order valence-corrected chi connectivity index (χ3v) is 4.87. The highest BCUT2D eigenvalue weighted by molar-refractivity contribution is 7.92. The van der Waals surface area contributed by atoms with Crippen LogP contribution in [0.2, 0.25) is 0 Å². The van der Waals surface area contributed by atoms with Gasteiger partial charge in [-0.25, -0.2) is 12.8 Å². The predicted molar refractivity (Wildman–Crippen MR) is 90.8 cm³/mol. The Hall–Kier alpha value is -2.86. The summed E-state index contributed by atoms with van der Waals surface area (Å²) in [5, 5.41) is 9.15. The molecule has 0 unspecified atom stereocenters. The van der Waals surface area contributed by atoms with Crippen LogP contribution in [0.1, 0.15) is 0 Å². The van der Waals surface area contributed by atoms with Gasteiger partial charge in [-0.3, -0.25) is 4.72 Å². The third kappa shape index (κ3) is 3.38. The van der Waals surface area contributed by atoms with Crippen LogP contribution in [0.3, 0.4) is 0 Å². The number of halogens is 1. The zero-order chi connectivity index (χ0) is 17.2. The van der Waals surface area contributed by atoms with E-state index in [-0.39, 0.29) is 10.6 Å². The summed E-state index contributed by atoms with van der Waals surface area (Å²) in [5.74, 6) is -1.43. The largest absolute Gasteiger partial charge is 0.505 e. The Morgan fingerprint density at radius 1 is 0.833 bits per heavy atom. The molecule has 2 N–H and O–H groups in total. The lowest BCUT2D eigenvalue weighted by Gasteiger charge is -2.09. The van der Waals surface area contributed by atoms with E-state index >= 15 is 0 Å². The Balaban J connectivity index is 1.86. The molecule has 24 heavy (non-hydrogen) atoms. The van der Waals surface area contributed by atoms with Gasteiger partial charge in [0.15, 0.2) is 11.6 Å². The maximum absolute atomic E-state index is 13.3. The van der Waals surface area contributed by atoms with Crippen LogP contribution in [-0.4, -0.2) is 13.5 Å². The molecule has 6 heteroatoms. The monoisotopic (exact) mass is 343 g/mol. The summed E-state index contributed by atoms with van der Waals surface area (Å²) in [6.45, 7) is 0. The van der Waals surface area contributed by atoms with E-state index in [4.69, 9.17) is 5.11 Å². The van der Waals surface area contributed by atoms with E-state index in [2.05, 4.69) is 4.72 Å². The number of anilines is 1. The summed E-state index contributed by atoms with van der Waals surface area (Å²) >= 11 is 0. The lowest BCUT2D eigenvalue weighted by molar-refractivity contribution is 0.432. The Morgan fingerprint density at radius 3 is 2.08 bits per heavy atom. The van der Waals surface area contributed by atoms with Crippen LogP contribution < -0.4 is 4.72 Å². The van der Waals surface area contributed by atoms with Gasteiger partial charge >= 0.3 is 0 Å². The van der Waals surface area contributed by atoms with Crippen molar-refractivity contribution in [2.24, 2.45) is 0 Å². The molecule has 0 spiro atoms. The van der Waals surface area contributed by atoms with Gasteiger partial charge in [0.25, 0.3) is 10.0 Å². The molecule has 0 saturated heterocycles. The van der Waals surface area contributed by atoms with E-state index in [0.29, 0.717) is 0 Å². The van der Waals surface area contributed by atoms with Crippen molar-refractivity contribution in [1.29, 1.82) is 0 Å². The molecule has 122 valence electrons. The van der Waals surface area contributed by atoms with Crippen LogP contribution in [0, 0.1) is 5.82 Å². The second-order valence-electron chi connectivity index (χ2n) is 5.16. The molecule has 0 heterocycles. The molecule has 0 aliphatic carbocycles. The van der Waals surface area contributed by atoms with Crippen molar-refractivity contribution in [3.05, 3.63) is 78.6 Å². The van der Waals surface area contributed by atoms with Crippen molar-refractivity contribution in [3.63, 3.8) is 0 Å². The zero-order valence-corrected chi connectivity index (χ0v) is 13.3. The number of sulfonamides is 1. The van der Waals surface area contributed by atoms with Crippen LogP contribution in [0.4, 0.5) is 10.1 Å². The van der Waals surface area contributed by atoms with E-state index in [0.717, 1.165) is 23.3 Å². The van der Waals surface area contributed by atoms with Gasteiger partial charge in [-0.05, 0) is 35.4 Å². The molecular formula is C18H14FNO3S. The molecule has 0 saturated carbocycles. The summed E-state index contributed by atoms with van der Waals surface area (Å²) in [4.78, 5) is 0.0654. The minimum atomic E-state index is -3.84. The van der Waals surface area contributed by atoms with Crippen LogP contribution in [0.15, 0.2) is 77.7 Å². The topological polar surface area (TPSA) is 66.4 Å². The Labute approximate surface area is 139 Å². The van der Waals surface area contributed by atoms with Crippen molar-refractivity contribution in [1.82, 2.24) is 0 Å². The average Bonchev–Trinajstić information content (AvgIpc) is 2.59. The van der Waals surface area contributed by atoms with Crippen LogP contribution in [-0.2, 0) is 10.0 Å². The first-order valence-electron chi connectivity index (χ1n) is 7.12. The van der Waals surface area contributed by atoms with Crippen molar-refractivity contribution < 1.29 is 17.9 Å². The van der Waals surface area contributed by atoms with Gasteiger partial charge in [0.2, 0.25) is 0 Å². The molecule has 0 aliphatic heterocycles. The normalized spacial score (nSPS) is 11.2. The minimum Gasteiger partial charge on any atom is -0.505 e. The number of phenolic OH excluding ortho intramolecular Hbond substituents is 1. The van der Waals surface area contributed by atoms with Gasteiger partial charge < -0.3 is 5.11 Å². The van der Waals surface area contributed by atoms with Gasteiger partial charge in [0, 0.05) is 6.07 Å². The number of rotatable bonds is 4. The number of aromatic hydroxyl groups is 1. The Kier molecular flexibility index (Phi) is 4.22. The molecule has 0 atom stereocenters. The third-order valence-electron chi connectivity index (χ3n) is 3.47. The first-order valence-corrected chi connectivity index (χ1v) is 8.61. The first kappa shape index (κ1) is 16.0. The highest BCUT2D eigenvalue weighted by Crippen LogP contribution is 2.24.